The van der Waals surface area contributed by atoms with Crippen LogP contribution in [0.15, 0.2) is 35.5 Å². The predicted molar refractivity (Wildman–Crippen MR) is 156 cm³/mol. The highest BCUT2D eigenvalue weighted by atomic mass is 32.1. The summed E-state index contributed by atoms with van der Waals surface area (Å²) in [5, 5.41) is 9.91. The molecule has 2 aromatic heterocycles. The van der Waals surface area contributed by atoms with Crippen molar-refractivity contribution in [1.82, 2.24) is 19.0 Å². The van der Waals surface area contributed by atoms with Gasteiger partial charge in [-0.2, -0.15) is 0 Å². The van der Waals surface area contributed by atoms with Crippen molar-refractivity contribution in [1.29, 1.82) is 0 Å². The van der Waals surface area contributed by atoms with Crippen molar-refractivity contribution in [2.45, 2.75) is 84.2 Å². The molecule has 1 aliphatic rings. The van der Waals surface area contributed by atoms with Crippen molar-refractivity contribution in [2.75, 3.05) is 20.2 Å². The second-order valence-corrected chi connectivity index (χ2v) is 13.6. The molecule has 4 rings (SSSR count). The fourth-order valence-electron chi connectivity index (χ4n) is 5.19. The topological polar surface area (TPSA) is 107 Å². The number of thiazole rings is 1. The second kappa shape index (κ2) is 11.2. The number of methoxy groups -OCH3 is 1. The van der Waals surface area contributed by atoms with Crippen molar-refractivity contribution in [3.05, 3.63) is 57.2 Å². The first-order chi connectivity index (χ1) is 18.7. The molecule has 216 valence electrons. The number of carbonyl (C=O) groups is 2. The molecule has 40 heavy (non-hydrogen) atoms. The van der Waals surface area contributed by atoms with Crippen LogP contribution in [-0.2, 0) is 33.5 Å². The number of amides is 1. The number of carboxylic acids is 1. The Hall–Kier alpha value is -3.40. The highest BCUT2D eigenvalue weighted by Crippen LogP contribution is 2.44. The lowest BCUT2D eigenvalue weighted by molar-refractivity contribution is -0.137. The molecular formula is C30H40N4O5S. The Bertz CT molecular complexity index is 1410. The number of likely N-dealkylation sites (tertiary alicyclic amines) is 1. The summed E-state index contributed by atoms with van der Waals surface area (Å²) in [4.78, 5) is 44.0. The van der Waals surface area contributed by atoms with Gasteiger partial charge in [0.25, 0.3) is 0 Å². The van der Waals surface area contributed by atoms with E-state index >= 15 is 0 Å². The summed E-state index contributed by atoms with van der Waals surface area (Å²) >= 11 is 1.71. The normalized spacial score (nSPS) is 14.9. The molecule has 0 atom stereocenters. The van der Waals surface area contributed by atoms with Gasteiger partial charge in [-0.1, -0.05) is 41.5 Å². The van der Waals surface area contributed by atoms with Crippen molar-refractivity contribution in [3.8, 4) is 16.3 Å². The second-order valence-electron chi connectivity index (χ2n) is 12.6. The SMILES string of the molecule is COc1c(C(C)(C)C)cc(-c2ncc(C3CCN(C(=O)Cn4ccn(CC(=O)O)c4=O)CC3)s2)cc1C(C)(C)C. The third-order valence-electron chi connectivity index (χ3n) is 7.46. The molecule has 0 spiro atoms. The molecule has 1 saturated heterocycles. The van der Waals surface area contributed by atoms with Crippen LogP contribution in [0.2, 0.25) is 0 Å². The van der Waals surface area contributed by atoms with Crippen LogP contribution in [0.25, 0.3) is 10.6 Å². The van der Waals surface area contributed by atoms with Gasteiger partial charge in [0.1, 0.15) is 23.8 Å². The van der Waals surface area contributed by atoms with E-state index in [1.54, 1.807) is 23.3 Å². The first kappa shape index (κ1) is 29.6. The lowest BCUT2D eigenvalue weighted by atomic mass is 9.78. The maximum atomic E-state index is 12.9. The Balaban J connectivity index is 1.47. The fourth-order valence-corrected chi connectivity index (χ4v) is 6.27. The summed E-state index contributed by atoms with van der Waals surface area (Å²) in [6.07, 6.45) is 6.49. The smallest absolute Gasteiger partial charge is 0.329 e. The Morgan fingerprint density at radius 2 is 1.55 bits per heavy atom. The van der Waals surface area contributed by atoms with E-state index in [1.165, 1.54) is 33.0 Å². The average molecular weight is 569 g/mol. The third kappa shape index (κ3) is 6.32. The van der Waals surface area contributed by atoms with E-state index in [0.717, 1.165) is 33.7 Å². The van der Waals surface area contributed by atoms with E-state index in [2.05, 4.69) is 53.7 Å². The van der Waals surface area contributed by atoms with E-state index in [0.29, 0.717) is 19.0 Å². The maximum Gasteiger partial charge on any atom is 0.329 e. The Morgan fingerprint density at radius 1 is 1.00 bits per heavy atom. The fraction of sp³-hybridized carbons (Fsp3) is 0.533. The van der Waals surface area contributed by atoms with E-state index in [1.807, 2.05) is 6.20 Å². The minimum atomic E-state index is -1.10. The van der Waals surface area contributed by atoms with Gasteiger partial charge in [-0.25, -0.2) is 9.78 Å². The molecule has 1 aliphatic heterocycles. The van der Waals surface area contributed by atoms with Crippen LogP contribution in [0.4, 0.5) is 0 Å². The van der Waals surface area contributed by atoms with Crippen LogP contribution in [0.5, 0.6) is 5.75 Å². The summed E-state index contributed by atoms with van der Waals surface area (Å²) in [5.41, 5.74) is 2.75. The number of piperidine rings is 1. The van der Waals surface area contributed by atoms with Crippen LogP contribution in [0.1, 0.15) is 76.3 Å². The summed E-state index contributed by atoms with van der Waals surface area (Å²) < 4.78 is 8.27. The Kier molecular flexibility index (Phi) is 8.31. The summed E-state index contributed by atoms with van der Waals surface area (Å²) in [5.74, 6) is 0.0207. The third-order valence-corrected chi connectivity index (χ3v) is 8.67. The van der Waals surface area contributed by atoms with Crippen LogP contribution >= 0.6 is 11.3 Å². The highest BCUT2D eigenvalue weighted by molar-refractivity contribution is 7.15. The summed E-state index contributed by atoms with van der Waals surface area (Å²) in [7, 11) is 1.74. The Labute approximate surface area is 239 Å². The van der Waals surface area contributed by atoms with Crippen molar-refractivity contribution >= 4 is 23.2 Å². The number of nitrogens with zero attached hydrogens (tertiary/aromatic N) is 4. The van der Waals surface area contributed by atoms with Gasteiger partial charge in [-0.15, -0.1) is 11.3 Å². The molecule has 0 bridgehead atoms. The number of aliphatic carboxylic acids is 1. The molecule has 0 unspecified atom stereocenters. The van der Waals surface area contributed by atoms with Gasteiger partial charge in [0.05, 0.1) is 7.11 Å². The number of hydrogen-bond donors (Lipinski definition) is 1. The number of aromatic nitrogens is 3. The molecule has 3 aromatic rings. The first-order valence-electron chi connectivity index (χ1n) is 13.6. The van der Waals surface area contributed by atoms with Gasteiger partial charge in [-0.05, 0) is 41.7 Å². The number of ether oxygens (including phenoxy) is 1. The maximum absolute atomic E-state index is 12.9. The van der Waals surface area contributed by atoms with Gasteiger partial charge >= 0.3 is 11.7 Å². The van der Waals surface area contributed by atoms with Crippen molar-refractivity contribution in [2.24, 2.45) is 0 Å². The van der Waals surface area contributed by atoms with Gasteiger partial charge in [-0.3, -0.25) is 18.7 Å². The van der Waals surface area contributed by atoms with Crippen LogP contribution in [0.3, 0.4) is 0 Å². The molecule has 3 heterocycles. The molecular weight excluding hydrogens is 528 g/mol. The minimum absolute atomic E-state index is 0.0924. The quantitative estimate of drug-likeness (QED) is 0.436. The largest absolute Gasteiger partial charge is 0.496 e. The predicted octanol–water partition coefficient (Wildman–Crippen LogP) is 4.87. The molecule has 1 N–H and O–H groups in total. The highest BCUT2D eigenvalue weighted by Gasteiger charge is 2.29. The summed E-state index contributed by atoms with van der Waals surface area (Å²) in [6.45, 7) is 13.9. The van der Waals surface area contributed by atoms with Gasteiger partial charge in [0, 0.05) is 53.2 Å². The number of imidazole rings is 1. The van der Waals surface area contributed by atoms with Gasteiger partial charge < -0.3 is 14.7 Å². The first-order valence-corrected chi connectivity index (χ1v) is 14.4. The van der Waals surface area contributed by atoms with Gasteiger partial charge in [0.15, 0.2) is 0 Å². The van der Waals surface area contributed by atoms with Gasteiger partial charge in [0.2, 0.25) is 5.91 Å². The van der Waals surface area contributed by atoms with Crippen molar-refractivity contribution in [3.63, 3.8) is 0 Å². The lowest BCUT2D eigenvalue weighted by Crippen LogP contribution is -2.41. The molecule has 9 nitrogen and oxygen atoms in total. The molecule has 0 aliphatic carbocycles. The lowest BCUT2D eigenvalue weighted by Gasteiger charge is -2.31. The molecule has 0 saturated carbocycles. The molecule has 1 aromatic carbocycles. The van der Waals surface area contributed by atoms with E-state index in [9.17, 15) is 14.4 Å². The molecule has 10 heteroatoms. The monoisotopic (exact) mass is 568 g/mol. The summed E-state index contributed by atoms with van der Waals surface area (Å²) in [6, 6.07) is 4.42. The number of carbonyl (C=O) groups excluding carboxylic acids is 1. The standard InChI is InChI=1S/C30H40N4O5S/c1-29(2,3)21-14-20(15-22(26(21)39-7)30(4,5)6)27-31-16-23(40-27)19-8-10-32(11-9-19)24(35)17-33-12-13-34(28(33)38)18-25(36)37/h12-16,19H,8-11,17-18H2,1-7H3,(H,36,37). The number of benzene rings is 1. The van der Waals surface area contributed by atoms with Crippen LogP contribution in [-0.4, -0.2) is 56.2 Å². The molecule has 0 radical (unpaired) electrons. The zero-order valence-electron chi connectivity index (χ0n) is 24.5. The van der Waals surface area contributed by atoms with Crippen molar-refractivity contribution < 1.29 is 19.4 Å². The number of hydrogen-bond acceptors (Lipinski definition) is 6. The van der Waals surface area contributed by atoms with Crippen LogP contribution in [0, 0.1) is 0 Å². The number of rotatable bonds is 7. The molecule has 1 fully saturated rings. The minimum Gasteiger partial charge on any atom is -0.496 e. The average Bonchev–Trinajstić information content (AvgIpc) is 3.50. The number of carboxylic acid groups (broad SMARTS) is 1. The van der Waals surface area contributed by atoms with E-state index < -0.39 is 18.2 Å². The van der Waals surface area contributed by atoms with E-state index in [4.69, 9.17) is 14.8 Å². The molecule has 1 amide bonds. The zero-order valence-corrected chi connectivity index (χ0v) is 25.3. The van der Waals surface area contributed by atoms with Crippen LogP contribution < -0.4 is 10.4 Å². The Morgan fingerprint density at radius 3 is 2.05 bits per heavy atom. The zero-order chi connectivity index (χ0) is 29.4. The van der Waals surface area contributed by atoms with E-state index in [-0.39, 0.29) is 23.3 Å².